The molecule has 5 rings (SSSR count). The maximum absolute atomic E-state index is 13.1. The van der Waals surface area contributed by atoms with Gasteiger partial charge in [0.1, 0.15) is 12.2 Å². The van der Waals surface area contributed by atoms with Gasteiger partial charge in [0.2, 0.25) is 6.79 Å². The number of anilines is 1. The average Bonchev–Trinajstić information content (AvgIpc) is 3.34. The second-order valence-corrected chi connectivity index (χ2v) is 9.08. The fourth-order valence-electron chi connectivity index (χ4n) is 3.93. The molecule has 3 aromatic carbocycles. The first-order valence-corrected chi connectivity index (χ1v) is 12.1. The van der Waals surface area contributed by atoms with Crippen LogP contribution in [0.15, 0.2) is 60.2 Å². The number of hydrogen-bond donors (Lipinski definition) is 1. The van der Waals surface area contributed by atoms with Crippen molar-refractivity contribution in [2.45, 2.75) is 20.0 Å². The van der Waals surface area contributed by atoms with Gasteiger partial charge in [-0.25, -0.2) is 9.69 Å². The molecule has 3 aromatic rings. The number of carbonyl (C=O) groups is 3. The molecule has 0 atom stereocenters. The highest BCUT2D eigenvalue weighted by Crippen LogP contribution is 2.37. The van der Waals surface area contributed by atoms with E-state index in [9.17, 15) is 14.4 Å². The SMILES string of the molecule is CCc1ccc(N2C(=O)NC(=O)/C(=C/c3cc(Cl)c(OCc4ccc5c(c4)OCO5)c(Cl)c3)C2=O)cc1. The van der Waals surface area contributed by atoms with Crippen LogP contribution in [-0.4, -0.2) is 24.6 Å². The summed E-state index contributed by atoms with van der Waals surface area (Å²) in [5, 5.41) is 2.58. The smallest absolute Gasteiger partial charge is 0.335 e. The summed E-state index contributed by atoms with van der Waals surface area (Å²) in [6.45, 7) is 2.34. The Morgan fingerprint density at radius 2 is 1.62 bits per heavy atom. The minimum Gasteiger partial charge on any atom is -0.486 e. The summed E-state index contributed by atoms with van der Waals surface area (Å²) < 4.78 is 16.5. The zero-order valence-corrected chi connectivity index (χ0v) is 21.1. The lowest BCUT2D eigenvalue weighted by molar-refractivity contribution is -0.122. The van der Waals surface area contributed by atoms with Crippen molar-refractivity contribution < 1.29 is 28.6 Å². The number of imide groups is 2. The molecule has 0 saturated carbocycles. The monoisotopic (exact) mass is 538 g/mol. The van der Waals surface area contributed by atoms with Gasteiger partial charge in [-0.05, 0) is 65.6 Å². The first kappa shape index (κ1) is 24.7. The summed E-state index contributed by atoms with van der Waals surface area (Å²) in [6, 6.07) is 14.6. The molecular formula is C27H20Cl2N2O6. The number of barbiturate groups is 1. The predicted molar refractivity (Wildman–Crippen MR) is 138 cm³/mol. The van der Waals surface area contributed by atoms with Crippen molar-refractivity contribution >= 4 is 52.8 Å². The zero-order chi connectivity index (χ0) is 26.1. The van der Waals surface area contributed by atoms with E-state index in [1.54, 1.807) is 24.3 Å². The quantitative estimate of drug-likeness (QED) is 0.327. The minimum absolute atomic E-state index is 0.172. The Kier molecular flexibility index (Phi) is 6.78. The first-order valence-electron chi connectivity index (χ1n) is 11.3. The molecule has 37 heavy (non-hydrogen) atoms. The molecule has 8 nitrogen and oxygen atoms in total. The average molecular weight is 539 g/mol. The molecule has 0 unspecified atom stereocenters. The number of aryl methyl sites for hydroxylation is 1. The number of benzene rings is 3. The van der Waals surface area contributed by atoms with Crippen LogP contribution in [0.5, 0.6) is 17.2 Å². The van der Waals surface area contributed by atoms with E-state index in [0.29, 0.717) is 22.7 Å². The second kappa shape index (κ2) is 10.2. The molecule has 0 aliphatic carbocycles. The van der Waals surface area contributed by atoms with Crippen LogP contribution in [0, 0.1) is 0 Å². The number of nitrogens with zero attached hydrogens (tertiary/aromatic N) is 1. The number of amides is 4. The van der Waals surface area contributed by atoms with Gasteiger partial charge in [-0.3, -0.25) is 14.9 Å². The van der Waals surface area contributed by atoms with Crippen molar-refractivity contribution in [2.24, 2.45) is 0 Å². The van der Waals surface area contributed by atoms with Gasteiger partial charge in [-0.15, -0.1) is 0 Å². The van der Waals surface area contributed by atoms with Crippen molar-refractivity contribution in [1.29, 1.82) is 0 Å². The number of fused-ring (bicyclic) bond motifs is 1. The normalized spacial score (nSPS) is 15.8. The van der Waals surface area contributed by atoms with E-state index < -0.39 is 17.8 Å². The topological polar surface area (TPSA) is 94.2 Å². The Morgan fingerprint density at radius 3 is 2.32 bits per heavy atom. The van der Waals surface area contributed by atoms with Gasteiger partial charge >= 0.3 is 6.03 Å². The van der Waals surface area contributed by atoms with Crippen LogP contribution < -0.4 is 24.4 Å². The molecule has 2 heterocycles. The molecule has 2 aliphatic heterocycles. The number of urea groups is 1. The Morgan fingerprint density at radius 1 is 0.946 bits per heavy atom. The van der Waals surface area contributed by atoms with Crippen LogP contribution in [0.1, 0.15) is 23.6 Å². The van der Waals surface area contributed by atoms with Crippen LogP contribution in [-0.2, 0) is 22.6 Å². The van der Waals surface area contributed by atoms with Crippen molar-refractivity contribution in [1.82, 2.24) is 5.32 Å². The predicted octanol–water partition coefficient (Wildman–Crippen LogP) is 5.53. The van der Waals surface area contributed by atoms with E-state index in [4.69, 9.17) is 37.4 Å². The van der Waals surface area contributed by atoms with E-state index in [-0.39, 0.29) is 34.8 Å². The number of ether oxygens (including phenoxy) is 3. The Balaban J connectivity index is 1.37. The summed E-state index contributed by atoms with van der Waals surface area (Å²) in [4.78, 5) is 39.0. The molecule has 0 bridgehead atoms. The van der Waals surface area contributed by atoms with Gasteiger partial charge in [0.25, 0.3) is 11.8 Å². The van der Waals surface area contributed by atoms with Crippen LogP contribution in [0.4, 0.5) is 10.5 Å². The Labute approximate surface area is 222 Å². The van der Waals surface area contributed by atoms with Gasteiger partial charge in [0.15, 0.2) is 17.2 Å². The highest BCUT2D eigenvalue weighted by Gasteiger charge is 2.36. The molecule has 0 radical (unpaired) electrons. The third-order valence-electron chi connectivity index (χ3n) is 5.86. The van der Waals surface area contributed by atoms with Gasteiger partial charge in [0.05, 0.1) is 15.7 Å². The number of hydrogen-bond acceptors (Lipinski definition) is 6. The number of nitrogens with one attached hydrogen (secondary N) is 1. The van der Waals surface area contributed by atoms with E-state index in [2.05, 4.69) is 5.32 Å². The lowest BCUT2D eigenvalue weighted by Crippen LogP contribution is -2.54. The molecule has 188 valence electrons. The van der Waals surface area contributed by atoms with Crippen LogP contribution >= 0.6 is 23.2 Å². The van der Waals surface area contributed by atoms with Crippen molar-refractivity contribution in [3.63, 3.8) is 0 Å². The third-order valence-corrected chi connectivity index (χ3v) is 6.42. The first-order chi connectivity index (χ1) is 17.8. The third kappa shape index (κ3) is 4.98. The standard InChI is InChI=1S/C27H20Cl2N2O6/c1-2-15-3-6-18(7-4-15)31-26(33)19(25(32)30-27(31)34)9-17-10-20(28)24(21(29)11-17)35-13-16-5-8-22-23(12-16)37-14-36-22/h3-12H,2,13-14H2,1H3,(H,30,32,34)/b19-9-. The van der Waals surface area contributed by atoms with Crippen LogP contribution in [0.25, 0.3) is 6.08 Å². The molecule has 0 aromatic heterocycles. The number of carbonyl (C=O) groups excluding carboxylic acids is 3. The highest BCUT2D eigenvalue weighted by molar-refractivity contribution is 6.40. The summed E-state index contributed by atoms with van der Waals surface area (Å²) in [5.74, 6) is -0.0307. The van der Waals surface area contributed by atoms with Gasteiger partial charge in [-0.1, -0.05) is 48.3 Å². The molecule has 10 heteroatoms. The zero-order valence-electron chi connectivity index (χ0n) is 19.5. The second-order valence-electron chi connectivity index (χ2n) is 8.27. The van der Waals surface area contributed by atoms with Crippen molar-refractivity contribution in [2.75, 3.05) is 11.7 Å². The van der Waals surface area contributed by atoms with E-state index >= 15 is 0 Å². The highest BCUT2D eigenvalue weighted by atomic mass is 35.5. The van der Waals surface area contributed by atoms with Crippen molar-refractivity contribution in [3.05, 3.63) is 86.9 Å². The van der Waals surface area contributed by atoms with E-state index in [0.717, 1.165) is 22.4 Å². The van der Waals surface area contributed by atoms with Gasteiger partial charge in [-0.2, -0.15) is 0 Å². The Hall–Kier alpha value is -4.01. The molecule has 1 fully saturated rings. The fourth-order valence-corrected chi connectivity index (χ4v) is 4.54. The summed E-state index contributed by atoms with van der Waals surface area (Å²) >= 11 is 12.9. The van der Waals surface area contributed by atoms with Crippen LogP contribution in [0.3, 0.4) is 0 Å². The lowest BCUT2D eigenvalue weighted by atomic mass is 10.1. The summed E-state index contributed by atoms with van der Waals surface area (Å²) in [6.07, 6.45) is 2.14. The maximum Gasteiger partial charge on any atom is 0.335 e. The largest absolute Gasteiger partial charge is 0.486 e. The molecular weight excluding hydrogens is 519 g/mol. The fraction of sp³-hybridized carbons (Fsp3) is 0.148. The van der Waals surface area contributed by atoms with E-state index in [1.165, 1.54) is 18.2 Å². The number of halogens is 2. The minimum atomic E-state index is -0.820. The molecule has 0 spiro atoms. The molecule has 1 N–H and O–H groups in total. The molecule has 2 aliphatic rings. The molecule has 1 saturated heterocycles. The summed E-state index contributed by atoms with van der Waals surface area (Å²) in [7, 11) is 0. The lowest BCUT2D eigenvalue weighted by Gasteiger charge is -2.26. The van der Waals surface area contributed by atoms with E-state index in [1.807, 2.05) is 25.1 Å². The van der Waals surface area contributed by atoms with Crippen LogP contribution in [0.2, 0.25) is 10.0 Å². The van der Waals surface area contributed by atoms with Crippen molar-refractivity contribution in [3.8, 4) is 17.2 Å². The maximum atomic E-state index is 13.1. The number of rotatable bonds is 6. The Bertz CT molecular complexity index is 1430. The van der Waals surface area contributed by atoms with Gasteiger partial charge < -0.3 is 14.2 Å². The summed E-state index contributed by atoms with van der Waals surface area (Å²) in [5.41, 5.74) is 2.37. The molecule has 4 amide bonds. The van der Waals surface area contributed by atoms with Gasteiger partial charge in [0, 0.05) is 0 Å².